The molecule has 2 amide bonds. The van der Waals surface area contributed by atoms with E-state index in [0.29, 0.717) is 24.2 Å². The van der Waals surface area contributed by atoms with Gasteiger partial charge in [0, 0.05) is 53.8 Å². The zero-order chi connectivity index (χ0) is 21.3. The zero-order valence-electron chi connectivity index (χ0n) is 16.8. The lowest BCUT2D eigenvalue weighted by Crippen LogP contribution is -2.48. The number of carbonyl (C=O) groups excluding carboxylic acids is 2. The first-order valence-electron chi connectivity index (χ1n) is 9.88. The minimum Gasteiger partial charge on any atom is -0.366 e. The number of amides is 2. The minimum absolute atomic E-state index is 0.0540. The number of halogens is 1. The standard InChI is InChI=1S/C23H23BrN4O2/c1-15-12-20(19-7-6-18(24)13-21(19)26-15)23(30)28-10-8-27(9-11-28)14-16-2-4-17(5-3-16)22(25)29/h2-7,12-13H,8-11,14H2,1H3,(H2,25,29). The highest BCUT2D eigenvalue weighted by Crippen LogP contribution is 2.24. The summed E-state index contributed by atoms with van der Waals surface area (Å²) in [6.07, 6.45) is 0. The molecule has 2 N–H and O–H groups in total. The summed E-state index contributed by atoms with van der Waals surface area (Å²) in [6.45, 7) is 5.66. The maximum absolute atomic E-state index is 13.2. The van der Waals surface area contributed by atoms with Gasteiger partial charge >= 0.3 is 0 Å². The molecule has 154 valence electrons. The molecular formula is C23H23BrN4O2. The van der Waals surface area contributed by atoms with E-state index in [1.54, 1.807) is 12.1 Å². The number of aromatic nitrogens is 1. The first-order valence-corrected chi connectivity index (χ1v) is 10.7. The molecule has 0 aliphatic carbocycles. The smallest absolute Gasteiger partial charge is 0.254 e. The topological polar surface area (TPSA) is 79.5 Å². The normalized spacial score (nSPS) is 14.8. The summed E-state index contributed by atoms with van der Waals surface area (Å²) in [5, 5.41) is 0.880. The number of nitrogens with zero attached hydrogens (tertiary/aromatic N) is 3. The van der Waals surface area contributed by atoms with Crippen molar-refractivity contribution in [2.75, 3.05) is 26.2 Å². The van der Waals surface area contributed by atoms with Gasteiger partial charge in [0.25, 0.3) is 5.91 Å². The first kappa shape index (κ1) is 20.5. The van der Waals surface area contributed by atoms with Crippen LogP contribution in [0.2, 0.25) is 0 Å². The molecule has 3 aromatic rings. The third-order valence-electron chi connectivity index (χ3n) is 5.43. The van der Waals surface area contributed by atoms with E-state index in [9.17, 15) is 9.59 Å². The van der Waals surface area contributed by atoms with Gasteiger partial charge in [-0.15, -0.1) is 0 Å². The summed E-state index contributed by atoms with van der Waals surface area (Å²) in [7, 11) is 0. The SMILES string of the molecule is Cc1cc(C(=O)N2CCN(Cc3ccc(C(N)=O)cc3)CC2)c2ccc(Br)cc2n1. The van der Waals surface area contributed by atoms with Crippen molar-refractivity contribution >= 4 is 38.6 Å². The molecule has 4 rings (SSSR count). The lowest BCUT2D eigenvalue weighted by molar-refractivity contribution is 0.0630. The molecule has 0 saturated carbocycles. The fourth-order valence-electron chi connectivity index (χ4n) is 3.82. The van der Waals surface area contributed by atoms with Crippen LogP contribution in [0, 0.1) is 6.92 Å². The van der Waals surface area contributed by atoms with Gasteiger partial charge < -0.3 is 10.6 Å². The molecule has 1 aliphatic heterocycles. The van der Waals surface area contributed by atoms with Gasteiger partial charge in [0.05, 0.1) is 11.1 Å². The molecule has 0 unspecified atom stereocenters. The Balaban J connectivity index is 1.43. The number of rotatable bonds is 4. The van der Waals surface area contributed by atoms with Crippen LogP contribution in [0.15, 0.2) is 53.0 Å². The molecule has 0 radical (unpaired) electrons. The van der Waals surface area contributed by atoms with Crippen molar-refractivity contribution in [2.24, 2.45) is 5.73 Å². The van der Waals surface area contributed by atoms with Crippen molar-refractivity contribution < 1.29 is 9.59 Å². The van der Waals surface area contributed by atoms with Crippen molar-refractivity contribution in [1.82, 2.24) is 14.8 Å². The van der Waals surface area contributed by atoms with Crippen LogP contribution >= 0.6 is 15.9 Å². The van der Waals surface area contributed by atoms with Crippen LogP contribution in [0.1, 0.15) is 32.0 Å². The van der Waals surface area contributed by atoms with Gasteiger partial charge in [-0.3, -0.25) is 19.5 Å². The van der Waals surface area contributed by atoms with E-state index in [2.05, 4.69) is 25.8 Å². The molecule has 0 atom stereocenters. The van der Waals surface area contributed by atoms with Crippen LogP contribution in [-0.2, 0) is 6.54 Å². The number of nitrogens with two attached hydrogens (primary N) is 1. The molecule has 7 heteroatoms. The third kappa shape index (κ3) is 4.37. The molecule has 1 aromatic heterocycles. The Kier molecular flexibility index (Phi) is 5.83. The first-order chi connectivity index (χ1) is 14.4. The van der Waals surface area contributed by atoms with Gasteiger partial charge in [0.15, 0.2) is 0 Å². The monoisotopic (exact) mass is 466 g/mol. The van der Waals surface area contributed by atoms with E-state index >= 15 is 0 Å². The Labute approximate surface area is 183 Å². The maximum atomic E-state index is 13.2. The summed E-state index contributed by atoms with van der Waals surface area (Å²) < 4.78 is 0.948. The van der Waals surface area contributed by atoms with Gasteiger partial charge in [-0.1, -0.05) is 34.1 Å². The Morgan fingerprint density at radius 3 is 2.40 bits per heavy atom. The predicted octanol–water partition coefficient (Wildman–Crippen LogP) is 3.36. The highest BCUT2D eigenvalue weighted by Gasteiger charge is 2.24. The lowest BCUT2D eigenvalue weighted by Gasteiger charge is -2.35. The average molecular weight is 467 g/mol. The highest BCUT2D eigenvalue weighted by molar-refractivity contribution is 9.10. The number of hydrogen-bond acceptors (Lipinski definition) is 4. The van der Waals surface area contributed by atoms with Crippen molar-refractivity contribution in [3.8, 4) is 0 Å². The van der Waals surface area contributed by atoms with Gasteiger partial charge in [-0.25, -0.2) is 0 Å². The highest BCUT2D eigenvalue weighted by atomic mass is 79.9. The number of fused-ring (bicyclic) bond motifs is 1. The second-order valence-corrected chi connectivity index (χ2v) is 8.52. The number of hydrogen-bond donors (Lipinski definition) is 1. The summed E-state index contributed by atoms with van der Waals surface area (Å²) in [4.78, 5) is 33.2. The molecule has 6 nitrogen and oxygen atoms in total. The quantitative estimate of drug-likeness (QED) is 0.638. The number of aryl methyl sites for hydroxylation is 1. The molecule has 0 bridgehead atoms. The average Bonchev–Trinajstić information content (AvgIpc) is 2.73. The number of carbonyl (C=O) groups is 2. The van der Waals surface area contributed by atoms with Gasteiger partial charge in [0.2, 0.25) is 5.91 Å². The van der Waals surface area contributed by atoms with E-state index in [-0.39, 0.29) is 5.91 Å². The summed E-state index contributed by atoms with van der Waals surface area (Å²) in [6, 6.07) is 15.1. The molecule has 2 heterocycles. The Morgan fingerprint density at radius 1 is 1.03 bits per heavy atom. The van der Waals surface area contributed by atoms with Crippen molar-refractivity contribution in [2.45, 2.75) is 13.5 Å². The molecule has 1 fully saturated rings. The Morgan fingerprint density at radius 2 is 1.73 bits per heavy atom. The molecule has 1 saturated heterocycles. The van der Waals surface area contributed by atoms with Crippen LogP contribution in [0.25, 0.3) is 10.9 Å². The molecule has 1 aliphatic rings. The van der Waals surface area contributed by atoms with Crippen molar-refractivity contribution in [3.05, 3.63) is 75.4 Å². The summed E-state index contributed by atoms with van der Waals surface area (Å²) >= 11 is 3.48. The van der Waals surface area contributed by atoms with E-state index < -0.39 is 5.91 Å². The lowest BCUT2D eigenvalue weighted by atomic mass is 10.1. The summed E-state index contributed by atoms with van der Waals surface area (Å²) in [5.41, 5.74) is 9.31. The molecule has 0 spiro atoms. The Hall–Kier alpha value is -2.77. The number of pyridine rings is 1. The van der Waals surface area contributed by atoms with Crippen LogP contribution in [0.5, 0.6) is 0 Å². The van der Waals surface area contributed by atoms with Crippen LogP contribution < -0.4 is 5.73 Å². The van der Waals surface area contributed by atoms with Crippen LogP contribution in [0.4, 0.5) is 0 Å². The van der Waals surface area contributed by atoms with E-state index in [1.165, 1.54) is 0 Å². The van der Waals surface area contributed by atoms with Crippen molar-refractivity contribution in [3.63, 3.8) is 0 Å². The number of primary amides is 1. The zero-order valence-corrected chi connectivity index (χ0v) is 18.4. The fourth-order valence-corrected chi connectivity index (χ4v) is 4.17. The van der Waals surface area contributed by atoms with Gasteiger partial charge in [-0.2, -0.15) is 0 Å². The van der Waals surface area contributed by atoms with Crippen LogP contribution in [0.3, 0.4) is 0 Å². The second kappa shape index (κ2) is 8.53. The number of piperazine rings is 1. The summed E-state index contributed by atoms with van der Waals surface area (Å²) in [5.74, 6) is -0.363. The van der Waals surface area contributed by atoms with Crippen molar-refractivity contribution in [1.29, 1.82) is 0 Å². The second-order valence-electron chi connectivity index (χ2n) is 7.60. The predicted molar refractivity (Wildman–Crippen MR) is 120 cm³/mol. The largest absolute Gasteiger partial charge is 0.366 e. The third-order valence-corrected chi connectivity index (χ3v) is 5.93. The number of benzene rings is 2. The van der Waals surface area contributed by atoms with E-state index in [1.807, 2.05) is 48.2 Å². The van der Waals surface area contributed by atoms with E-state index in [4.69, 9.17) is 5.73 Å². The fraction of sp³-hybridized carbons (Fsp3) is 0.261. The Bertz CT molecular complexity index is 1100. The molecule has 2 aromatic carbocycles. The minimum atomic E-state index is -0.417. The van der Waals surface area contributed by atoms with Gasteiger partial charge in [-0.05, 0) is 42.8 Å². The molecule has 30 heavy (non-hydrogen) atoms. The maximum Gasteiger partial charge on any atom is 0.254 e. The van der Waals surface area contributed by atoms with E-state index in [0.717, 1.165) is 46.3 Å². The molecular weight excluding hydrogens is 444 g/mol. The van der Waals surface area contributed by atoms with Crippen LogP contribution in [-0.4, -0.2) is 52.8 Å². The van der Waals surface area contributed by atoms with Gasteiger partial charge in [0.1, 0.15) is 0 Å².